The lowest BCUT2D eigenvalue weighted by Crippen LogP contribution is -2.28. The van der Waals surface area contributed by atoms with Crippen molar-refractivity contribution in [1.82, 2.24) is 4.90 Å². The number of nitrogens with zero attached hydrogens (tertiary/aromatic N) is 3. The standard InChI is InChI=1S/C24H21N3O6S/c1-31-20-10-15(5-7-18(20)28)12-22-23(30)27(14-17-4-3-9-33-17)24(34-22)26-25-13-16-6-8-19(29)21(11-16)32-2/h3-13,28-29H,14H2,1-2H3/b22-12-,25-13+,26-24-. The predicted molar refractivity (Wildman–Crippen MR) is 129 cm³/mol. The number of phenolic OH excluding ortho intramolecular Hbond substituents is 2. The molecular weight excluding hydrogens is 458 g/mol. The number of furan rings is 1. The van der Waals surface area contributed by atoms with E-state index in [0.29, 0.717) is 38.5 Å². The monoisotopic (exact) mass is 479 g/mol. The van der Waals surface area contributed by atoms with Gasteiger partial charge in [-0.1, -0.05) is 6.07 Å². The lowest BCUT2D eigenvalue weighted by Gasteiger charge is -2.12. The summed E-state index contributed by atoms with van der Waals surface area (Å²) in [5, 5.41) is 28.3. The van der Waals surface area contributed by atoms with Crippen LogP contribution in [0.1, 0.15) is 16.9 Å². The SMILES string of the molecule is COc1cc(/C=C2\S/C(=N\N=C\c3ccc(O)c(OC)c3)N(Cc3ccco3)C2=O)ccc1O. The highest BCUT2D eigenvalue weighted by atomic mass is 32.2. The Balaban J connectivity index is 1.63. The van der Waals surface area contributed by atoms with Crippen molar-refractivity contribution in [2.45, 2.75) is 6.54 Å². The van der Waals surface area contributed by atoms with Crippen molar-refractivity contribution in [1.29, 1.82) is 0 Å². The number of methoxy groups -OCH3 is 2. The molecule has 1 amide bonds. The van der Waals surface area contributed by atoms with E-state index in [1.807, 2.05) is 0 Å². The Kier molecular flexibility index (Phi) is 6.88. The second kappa shape index (κ2) is 10.2. The van der Waals surface area contributed by atoms with Crippen molar-refractivity contribution in [2.75, 3.05) is 14.2 Å². The van der Waals surface area contributed by atoms with E-state index < -0.39 is 0 Å². The summed E-state index contributed by atoms with van der Waals surface area (Å²) >= 11 is 1.17. The van der Waals surface area contributed by atoms with Gasteiger partial charge in [0.05, 0.1) is 38.1 Å². The van der Waals surface area contributed by atoms with Crippen molar-refractivity contribution in [3.8, 4) is 23.0 Å². The van der Waals surface area contributed by atoms with E-state index in [9.17, 15) is 15.0 Å². The first-order chi connectivity index (χ1) is 16.5. The first-order valence-corrected chi connectivity index (χ1v) is 10.9. The molecule has 9 nitrogen and oxygen atoms in total. The van der Waals surface area contributed by atoms with Gasteiger partial charge in [-0.05, 0) is 71.4 Å². The number of carbonyl (C=O) groups excluding carboxylic acids is 1. The summed E-state index contributed by atoms with van der Waals surface area (Å²) in [4.78, 5) is 15.1. The quantitative estimate of drug-likeness (QED) is 0.296. The predicted octanol–water partition coefficient (Wildman–Crippen LogP) is 4.21. The first-order valence-electron chi connectivity index (χ1n) is 10.1. The number of carbonyl (C=O) groups is 1. The molecule has 0 radical (unpaired) electrons. The lowest BCUT2D eigenvalue weighted by molar-refractivity contribution is -0.122. The van der Waals surface area contributed by atoms with Crippen LogP contribution in [-0.4, -0.2) is 46.6 Å². The molecule has 0 aliphatic carbocycles. The number of amides is 1. The fourth-order valence-corrected chi connectivity index (χ4v) is 4.07. The molecule has 0 saturated carbocycles. The number of benzene rings is 2. The highest BCUT2D eigenvalue weighted by Gasteiger charge is 2.34. The zero-order valence-corrected chi connectivity index (χ0v) is 19.2. The molecule has 34 heavy (non-hydrogen) atoms. The van der Waals surface area contributed by atoms with Crippen LogP contribution in [0.4, 0.5) is 0 Å². The number of hydrogen-bond donors (Lipinski definition) is 2. The molecule has 0 atom stereocenters. The van der Waals surface area contributed by atoms with Crippen LogP contribution in [0.2, 0.25) is 0 Å². The Labute approximate surface area is 199 Å². The van der Waals surface area contributed by atoms with Crippen LogP contribution in [0, 0.1) is 0 Å². The molecule has 10 heteroatoms. The van der Waals surface area contributed by atoms with Crippen LogP contribution in [0.3, 0.4) is 0 Å². The van der Waals surface area contributed by atoms with E-state index in [1.165, 1.54) is 55.5 Å². The van der Waals surface area contributed by atoms with E-state index in [-0.39, 0.29) is 24.0 Å². The summed E-state index contributed by atoms with van der Waals surface area (Å²) in [6.07, 6.45) is 4.73. The summed E-state index contributed by atoms with van der Waals surface area (Å²) in [6.45, 7) is 0.191. The Hall–Kier alpha value is -4.18. The van der Waals surface area contributed by atoms with Crippen molar-refractivity contribution < 1.29 is 28.9 Å². The molecule has 4 rings (SSSR count). The van der Waals surface area contributed by atoms with Crippen LogP contribution in [0.25, 0.3) is 6.08 Å². The molecule has 2 heterocycles. The van der Waals surface area contributed by atoms with E-state index in [2.05, 4.69) is 10.2 Å². The zero-order chi connectivity index (χ0) is 24.1. The van der Waals surface area contributed by atoms with Crippen molar-refractivity contribution in [2.24, 2.45) is 10.2 Å². The molecule has 174 valence electrons. The third kappa shape index (κ3) is 5.07. The van der Waals surface area contributed by atoms with E-state index >= 15 is 0 Å². The maximum atomic E-state index is 13.2. The van der Waals surface area contributed by atoms with E-state index in [4.69, 9.17) is 13.9 Å². The molecule has 0 bridgehead atoms. The fraction of sp³-hybridized carbons (Fsp3) is 0.125. The maximum absolute atomic E-state index is 13.2. The number of thioether (sulfide) groups is 1. The fourth-order valence-electron chi connectivity index (χ4n) is 3.14. The second-order valence-electron chi connectivity index (χ2n) is 7.07. The van der Waals surface area contributed by atoms with E-state index in [1.54, 1.807) is 42.5 Å². The Bertz CT molecular complexity index is 1280. The minimum absolute atomic E-state index is 0.0111. The maximum Gasteiger partial charge on any atom is 0.267 e. The van der Waals surface area contributed by atoms with Gasteiger partial charge in [-0.25, -0.2) is 0 Å². The highest BCUT2D eigenvalue weighted by molar-refractivity contribution is 8.18. The van der Waals surface area contributed by atoms with Gasteiger partial charge < -0.3 is 24.1 Å². The Morgan fingerprint density at radius 1 is 1.03 bits per heavy atom. The number of hydrogen-bond acceptors (Lipinski definition) is 9. The van der Waals surface area contributed by atoms with Crippen LogP contribution in [0.5, 0.6) is 23.0 Å². The van der Waals surface area contributed by atoms with Gasteiger partial charge >= 0.3 is 0 Å². The Morgan fingerprint density at radius 2 is 1.71 bits per heavy atom. The molecule has 0 unspecified atom stereocenters. The number of phenols is 2. The van der Waals surface area contributed by atoms with Crippen molar-refractivity contribution >= 4 is 35.1 Å². The van der Waals surface area contributed by atoms with Crippen LogP contribution < -0.4 is 9.47 Å². The van der Waals surface area contributed by atoms with Gasteiger partial charge in [0.2, 0.25) is 0 Å². The lowest BCUT2D eigenvalue weighted by atomic mass is 10.2. The largest absolute Gasteiger partial charge is 0.504 e. The third-order valence-electron chi connectivity index (χ3n) is 4.84. The number of rotatable bonds is 7. The van der Waals surface area contributed by atoms with Gasteiger partial charge in [0.1, 0.15) is 5.76 Å². The summed E-state index contributed by atoms with van der Waals surface area (Å²) in [5.41, 5.74) is 1.35. The van der Waals surface area contributed by atoms with Crippen LogP contribution in [-0.2, 0) is 11.3 Å². The number of amidine groups is 1. The molecule has 3 aromatic rings. The average molecular weight is 480 g/mol. The molecule has 1 fully saturated rings. The zero-order valence-electron chi connectivity index (χ0n) is 18.3. The van der Waals surface area contributed by atoms with Crippen molar-refractivity contribution in [3.63, 3.8) is 0 Å². The average Bonchev–Trinajstić information content (AvgIpc) is 3.45. The second-order valence-corrected chi connectivity index (χ2v) is 8.08. The van der Waals surface area contributed by atoms with Crippen LogP contribution >= 0.6 is 11.8 Å². The molecule has 1 saturated heterocycles. The molecule has 2 aromatic carbocycles. The normalized spacial score (nSPS) is 16.2. The topological polar surface area (TPSA) is 117 Å². The smallest absolute Gasteiger partial charge is 0.267 e. The third-order valence-corrected chi connectivity index (χ3v) is 5.83. The first kappa shape index (κ1) is 23.0. The summed E-state index contributed by atoms with van der Waals surface area (Å²) in [5.74, 6) is 0.997. The summed E-state index contributed by atoms with van der Waals surface area (Å²) < 4.78 is 15.7. The number of ether oxygens (including phenoxy) is 2. The molecule has 1 aliphatic heterocycles. The molecule has 2 N–H and O–H groups in total. The van der Waals surface area contributed by atoms with Gasteiger partial charge in [-0.2, -0.15) is 5.10 Å². The Morgan fingerprint density at radius 3 is 2.35 bits per heavy atom. The van der Waals surface area contributed by atoms with Gasteiger partial charge in [0.15, 0.2) is 28.2 Å². The number of aromatic hydroxyl groups is 2. The molecule has 1 aromatic heterocycles. The molecular formula is C24H21N3O6S. The van der Waals surface area contributed by atoms with Gasteiger partial charge in [-0.3, -0.25) is 9.69 Å². The van der Waals surface area contributed by atoms with Gasteiger partial charge in [0, 0.05) is 0 Å². The summed E-state index contributed by atoms with van der Waals surface area (Å²) in [7, 11) is 2.92. The van der Waals surface area contributed by atoms with Crippen molar-refractivity contribution in [3.05, 3.63) is 76.6 Å². The van der Waals surface area contributed by atoms with Crippen LogP contribution in [0.15, 0.2) is 74.3 Å². The molecule has 0 spiro atoms. The van der Waals surface area contributed by atoms with Gasteiger partial charge in [0.25, 0.3) is 5.91 Å². The molecule has 1 aliphatic rings. The minimum atomic E-state index is -0.256. The highest BCUT2D eigenvalue weighted by Crippen LogP contribution is 2.35. The summed E-state index contributed by atoms with van der Waals surface area (Å²) in [6, 6.07) is 13.1. The minimum Gasteiger partial charge on any atom is -0.504 e. The van der Waals surface area contributed by atoms with Gasteiger partial charge in [-0.15, -0.1) is 5.10 Å². The van der Waals surface area contributed by atoms with E-state index in [0.717, 1.165) is 0 Å².